The van der Waals surface area contributed by atoms with E-state index in [9.17, 15) is 4.79 Å². The fourth-order valence-electron chi connectivity index (χ4n) is 2.22. The molecule has 122 valence electrons. The molecule has 1 amide bonds. The number of hydrogen-bond acceptors (Lipinski definition) is 6. The highest BCUT2D eigenvalue weighted by molar-refractivity contribution is 5.90. The molecule has 0 aliphatic carbocycles. The first kappa shape index (κ1) is 15.8. The molecule has 0 fully saturated rings. The maximum Gasteiger partial charge on any atom is 0.316 e. The van der Waals surface area contributed by atoms with Gasteiger partial charge in [0.1, 0.15) is 5.69 Å². The van der Waals surface area contributed by atoms with Crippen LogP contribution in [0.4, 0.5) is 0 Å². The Labute approximate surface area is 139 Å². The number of nitrogens with zero attached hydrogens (tertiary/aromatic N) is 5. The molecule has 3 aromatic rings. The van der Waals surface area contributed by atoms with E-state index in [0.717, 1.165) is 5.56 Å². The van der Waals surface area contributed by atoms with E-state index in [0.29, 0.717) is 12.2 Å². The third-order valence-corrected chi connectivity index (χ3v) is 3.48. The van der Waals surface area contributed by atoms with Crippen molar-refractivity contribution in [3.63, 3.8) is 0 Å². The SMILES string of the molecule is CC(C)N(Cc1ccccc1)C(=O)c1nc(-c2cnccn2)no1. The summed E-state index contributed by atoms with van der Waals surface area (Å²) in [5.41, 5.74) is 1.49. The molecule has 2 aromatic heterocycles. The molecule has 7 nitrogen and oxygen atoms in total. The summed E-state index contributed by atoms with van der Waals surface area (Å²) in [5, 5.41) is 3.82. The molecule has 0 unspecified atom stereocenters. The van der Waals surface area contributed by atoms with E-state index >= 15 is 0 Å². The molecule has 0 aliphatic rings. The van der Waals surface area contributed by atoms with Crippen LogP contribution in [0.25, 0.3) is 11.5 Å². The van der Waals surface area contributed by atoms with Crippen LogP contribution in [0.1, 0.15) is 30.1 Å². The quantitative estimate of drug-likeness (QED) is 0.717. The topological polar surface area (TPSA) is 85.0 Å². The van der Waals surface area contributed by atoms with Crippen LogP contribution in [-0.4, -0.2) is 37.0 Å². The van der Waals surface area contributed by atoms with E-state index in [2.05, 4.69) is 20.1 Å². The Morgan fingerprint density at radius 3 is 2.67 bits per heavy atom. The van der Waals surface area contributed by atoms with Gasteiger partial charge in [0.2, 0.25) is 5.82 Å². The summed E-state index contributed by atoms with van der Waals surface area (Å²) < 4.78 is 5.13. The zero-order valence-electron chi connectivity index (χ0n) is 13.5. The van der Waals surface area contributed by atoms with Crippen molar-refractivity contribution in [3.05, 3.63) is 60.4 Å². The van der Waals surface area contributed by atoms with E-state index in [-0.39, 0.29) is 23.7 Å². The minimum Gasteiger partial charge on any atom is -0.328 e. The highest BCUT2D eigenvalue weighted by Crippen LogP contribution is 2.15. The number of amides is 1. The second kappa shape index (κ2) is 6.99. The number of carbonyl (C=O) groups is 1. The van der Waals surface area contributed by atoms with Crippen LogP contribution in [0.3, 0.4) is 0 Å². The Balaban J connectivity index is 1.82. The molecule has 2 heterocycles. The molecular weight excluding hydrogens is 306 g/mol. The predicted octanol–water partition coefficient (Wildman–Crippen LogP) is 2.58. The van der Waals surface area contributed by atoms with Gasteiger partial charge < -0.3 is 9.42 Å². The van der Waals surface area contributed by atoms with Gasteiger partial charge in [-0.2, -0.15) is 4.98 Å². The van der Waals surface area contributed by atoms with Gasteiger partial charge in [-0.15, -0.1) is 0 Å². The predicted molar refractivity (Wildman–Crippen MR) is 86.8 cm³/mol. The maximum atomic E-state index is 12.7. The highest BCUT2D eigenvalue weighted by atomic mass is 16.5. The minimum atomic E-state index is -0.309. The number of carbonyl (C=O) groups excluding carboxylic acids is 1. The van der Waals surface area contributed by atoms with Crippen LogP contribution in [0.5, 0.6) is 0 Å². The first-order valence-electron chi connectivity index (χ1n) is 7.60. The van der Waals surface area contributed by atoms with Crippen molar-refractivity contribution in [3.8, 4) is 11.5 Å². The molecule has 0 spiro atoms. The Morgan fingerprint density at radius 2 is 2.00 bits per heavy atom. The largest absolute Gasteiger partial charge is 0.328 e. The molecule has 7 heteroatoms. The lowest BCUT2D eigenvalue weighted by Crippen LogP contribution is -2.36. The summed E-state index contributed by atoms with van der Waals surface area (Å²) in [7, 11) is 0. The Bertz CT molecular complexity index is 802. The van der Waals surface area contributed by atoms with Gasteiger partial charge in [-0.1, -0.05) is 35.5 Å². The van der Waals surface area contributed by atoms with Gasteiger partial charge >= 0.3 is 11.8 Å². The van der Waals surface area contributed by atoms with Crippen LogP contribution in [0.15, 0.2) is 53.4 Å². The number of aromatic nitrogens is 4. The maximum absolute atomic E-state index is 12.7. The molecule has 0 N–H and O–H groups in total. The van der Waals surface area contributed by atoms with Gasteiger partial charge in [0.25, 0.3) is 0 Å². The molecule has 3 rings (SSSR count). The van der Waals surface area contributed by atoms with Crippen molar-refractivity contribution in [2.75, 3.05) is 0 Å². The monoisotopic (exact) mass is 323 g/mol. The molecule has 24 heavy (non-hydrogen) atoms. The Hall–Kier alpha value is -3.09. The van der Waals surface area contributed by atoms with Crippen LogP contribution < -0.4 is 0 Å². The summed E-state index contributed by atoms with van der Waals surface area (Å²) in [6.07, 6.45) is 4.60. The van der Waals surface area contributed by atoms with Gasteiger partial charge in [0, 0.05) is 25.0 Å². The number of rotatable bonds is 5. The number of benzene rings is 1. The standard InChI is InChI=1S/C17H17N5O2/c1-12(2)22(11-13-6-4-3-5-7-13)17(23)16-20-15(21-24-16)14-10-18-8-9-19-14/h3-10,12H,11H2,1-2H3. The third-order valence-electron chi connectivity index (χ3n) is 3.48. The molecule has 0 radical (unpaired) electrons. The first-order chi connectivity index (χ1) is 11.6. The van der Waals surface area contributed by atoms with E-state index in [1.165, 1.54) is 12.4 Å². The Morgan fingerprint density at radius 1 is 1.21 bits per heavy atom. The zero-order chi connectivity index (χ0) is 16.9. The molecule has 0 saturated carbocycles. The van der Waals surface area contributed by atoms with Crippen LogP contribution in [-0.2, 0) is 6.54 Å². The average Bonchev–Trinajstić information content (AvgIpc) is 3.11. The van der Waals surface area contributed by atoms with E-state index in [1.54, 1.807) is 11.1 Å². The minimum absolute atomic E-state index is 0.00965. The van der Waals surface area contributed by atoms with Crippen molar-refractivity contribution in [1.82, 2.24) is 25.0 Å². The highest BCUT2D eigenvalue weighted by Gasteiger charge is 2.25. The van der Waals surface area contributed by atoms with E-state index in [4.69, 9.17) is 4.52 Å². The Kier molecular flexibility index (Phi) is 4.60. The van der Waals surface area contributed by atoms with Gasteiger partial charge in [0.15, 0.2) is 0 Å². The summed E-state index contributed by atoms with van der Waals surface area (Å²) in [6, 6.07) is 9.76. The molecule has 0 saturated heterocycles. The van der Waals surface area contributed by atoms with Crippen LogP contribution >= 0.6 is 0 Å². The molecular formula is C17H17N5O2. The second-order valence-corrected chi connectivity index (χ2v) is 5.53. The number of hydrogen-bond donors (Lipinski definition) is 0. The van der Waals surface area contributed by atoms with Crippen molar-refractivity contribution in [1.29, 1.82) is 0 Å². The molecule has 0 atom stereocenters. The fourth-order valence-corrected chi connectivity index (χ4v) is 2.22. The summed E-state index contributed by atoms with van der Waals surface area (Å²) in [4.78, 5) is 26.6. The first-order valence-corrected chi connectivity index (χ1v) is 7.60. The normalized spacial score (nSPS) is 10.8. The van der Waals surface area contributed by atoms with Gasteiger partial charge in [-0.25, -0.2) is 4.98 Å². The summed E-state index contributed by atoms with van der Waals surface area (Å²) >= 11 is 0. The van der Waals surface area contributed by atoms with E-state index < -0.39 is 0 Å². The molecule has 1 aromatic carbocycles. The molecule has 0 bridgehead atoms. The molecule has 0 aliphatic heterocycles. The van der Waals surface area contributed by atoms with Gasteiger partial charge in [0.05, 0.1) is 6.20 Å². The van der Waals surface area contributed by atoms with Crippen molar-refractivity contribution in [2.45, 2.75) is 26.4 Å². The summed E-state index contributed by atoms with van der Waals surface area (Å²) in [6.45, 7) is 4.36. The lowest BCUT2D eigenvalue weighted by atomic mass is 10.2. The average molecular weight is 323 g/mol. The fraction of sp³-hybridized carbons (Fsp3) is 0.235. The lowest BCUT2D eigenvalue weighted by Gasteiger charge is -2.25. The van der Waals surface area contributed by atoms with Crippen molar-refractivity contribution in [2.24, 2.45) is 0 Å². The lowest BCUT2D eigenvalue weighted by molar-refractivity contribution is 0.0639. The van der Waals surface area contributed by atoms with Gasteiger partial charge in [-0.05, 0) is 19.4 Å². The third kappa shape index (κ3) is 3.45. The van der Waals surface area contributed by atoms with Crippen molar-refractivity contribution >= 4 is 5.91 Å². The zero-order valence-corrected chi connectivity index (χ0v) is 13.5. The van der Waals surface area contributed by atoms with Crippen molar-refractivity contribution < 1.29 is 9.32 Å². The second-order valence-electron chi connectivity index (χ2n) is 5.53. The smallest absolute Gasteiger partial charge is 0.316 e. The van der Waals surface area contributed by atoms with Gasteiger partial charge in [-0.3, -0.25) is 9.78 Å². The summed E-state index contributed by atoms with van der Waals surface area (Å²) in [5.74, 6) is -0.119. The van der Waals surface area contributed by atoms with E-state index in [1.807, 2.05) is 44.2 Å². The van der Waals surface area contributed by atoms with Crippen LogP contribution in [0.2, 0.25) is 0 Å². The van der Waals surface area contributed by atoms with Crippen LogP contribution in [0, 0.1) is 0 Å².